The molecule has 1 rings (SSSR count). The van der Waals surface area contributed by atoms with Gasteiger partial charge in [0.25, 0.3) is 0 Å². The van der Waals surface area contributed by atoms with Crippen molar-refractivity contribution in [3.05, 3.63) is 19.2 Å². The molecule has 1 atom stereocenters. The maximum absolute atomic E-state index is 6.15. The van der Waals surface area contributed by atoms with Crippen LogP contribution in [0.2, 0.25) is 0 Å². The SMILES string of the molecule is CC(C)(C)CCC(N)c1cc(Br)c(Br)s1. The Morgan fingerprint density at radius 1 is 1.40 bits per heavy atom. The summed E-state index contributed by atoms with van der Waals surface area (Å²) in [6, 6.07) is 2.28. The summed E-state index contributed by atoms with van der Waals surface area (Å²) in [5.41, 5.74) is 6.52. The zero-order chi connectivity index (χ0) is 11.6. The van der Waals surface area contributed by atoms with Crippen LogP contribution in [-0.4, -0.2) is 0 Å². The van der Waals surface area contributed by atoms with Crippen LogP contribution in [0.15, 0.2) is 14.3 Å². The van der Waals surface area contributed by atoms with E-state index in [1.165, 1.54) is 4.88 Å². The first-order chi connectivity index (χ1) is 6.79. The van der Waals surface area contributed by atoms with E-state index in [0.717, 1.165) is 21.1 Å². The van der Waals surface area contributed by atoms with Crippen LogP contribution in [0.5, 0.6) is 0 Å². The van der Waals surface area contributed by atoms with Gasteiger partial charge in [-0.3, -0.25) is 0 Å². The molecular formula is C11H17Br2NS. The van der Waals surface area contributed by atoms with Gasteiger partial charge in [0, 0.05) is 15.4 Å². The van der Waals surface area contributed by atoms with E-state index in [-0.39, 0.29) is 6.04 Å². The molecule has 0 bridgehead atoms. The fourth-order valence-corrected chi connectivity index (χ4v) is 3.40. The lowest BCUT2D eigenvalue weighted by Crippen LogP contribution is -2.13. The highest BCUT2D eigenvalue weighted by Gasteiger charge is 2.16. The van der Waals surface area contributed by atoms with E-state index in [4.69, 9.17) is 5.73 Å². The topological polar surface area (TPSA) is 26.0 Å². The van der Waals surface area contributed by atoms with Crippen LogP contribution in [0.3, 0.4) is 0 Å². The molecule has 0 radical (unpaired) electrons. The van der Waals surface area contributed by atoms with Crippen molar-refractivity contribution in [3.63, 3.8) is 0 Å². The van der Waals surface area contributed by atoms with Gasteiger partial charge in [-0.25, -0.2) is 0 Å². The highest BCUT2D eigenvalue weighted by Crippen LogP contribution is 2.37. The number of hydrogen-bond acceptors (Lipinski definition) is 2. The van der Waals surface area contributed by atoms with E-state index in [0.29, 0.717) is 5.41 Å². The summed E-state index contributed by atoms with van der Waals surface area (Å²) in [5, 5.41) is 0. The highest BCUT2D eigenvalue weighted by atomic mass is 79.9. The van der Waals surface area contributed by atoms with Gasteiger partial charge < -0.3 is 5.73 Å². The first-order valence-electron chi connectivity index (χ1n) is 5.00. The predicted octanol–water partition coefficient (Wildman–Crippen LogP) is 5.10. The molecular weight excluding hydrogens is 338 g/mol. The van der Waals surface area contributed by atoms with Crippen LogP contribution in [-0.2, 0) is 0 Å². The first kappa shape index (κ1) is 13.7. The molecule has 86 valence electrons. The molecule has 0 aliphatic heterocycles. The third kappa shape index (κ3) is 4.55. The molecule has 4 heteroatoms. The van der Waals surface area contributed by atoms with Crippen LogP contribution in [0.1, 0.15) is 44.5 Å². The van der Waals surface area contributed by atoms with Crippen LogP contribution < -0.4 is 5.73 Å². The van der Waals surface area contributed by atoms with Gasteiger partial charge in [-0.2, -0.15) is 0 Å². The first-order valence-corrected chi connectivity index (χ1v) is 7.40. The average Bonchev–Trinajstić information content (AvgIpc) is 2.42. The summed E-state index contributed by atoms with van der Waals surface area (Å²) in [6.07, 6.45) is 2.20. The fraction of sp³-hybridized carbons (Fsp3) is 0.636. The maximum atomic E-state index is 6.15. The molecule has 15 heavy (non-hydrogen) atoms. The number of rotatable bonds is 3. The summed E-state index contributed by atoms with van der Waals surface area (Å²) in [5.74, 6) is 0. The van der Waals surface area contributed by atoms with Crippen LogP contribution in [0.4, 0.5) is 0 Å². The summed E-state index contributed by atoms with van der Waals surface area (Å²) in [7, 11) is 0. The lowest BCUT2D eigenvalue weighted by atomic mass is 9.88. The standard InChI is InChI=1S/C11H17Br2NS/c1-11(2,3)5-4-8(14)9-6-7(12)10(13)15-9/h6,8H,4-5,14H2,1-3H3. The molecule has 0 fully saturated rings. The molecule has 1 aromatic heterocycles. The molecule has 0 aromatic carbocycles. The van der Waals surface area contributed by atoms with E-state index in [1.807, 2.05) is 0 Å². The molecule has 1 aromatic rings. The van der Waals surface area contributed by atoms with Gasteiger partial charge in [0.1, 0.15) is 0 Å². The third-order valence-corrected chi connectivity index (χ3v) is 5.62. The fourth-order valence-electron chi connectivity index (χ4n) is 1.28. The van der Waals surface area contributed by atoms with Gasteiger partial charge in [0.2, 0.25) is 0 Å². The van der Waals surface area contributed by atoms with Crippen molar-refractivity contribution in [2.24, 2.45) is 11.1 Å². The number of hydrogen-bond donors (Lipinski definition) is 1. The molecule has 0 saturated carbocycles. The Morgan fingerprint density at radius 2 is 2.00 bits per heavy atom. The van der Waals surface area contributed by atoms with Crippen molar-refractivity contribution in [1.82, 2.24) is 0 Å². The Bertz CT molecular complexity index is 308. The van der Waals surface area contributed by atoms with Gasteiger partial charge in [-0.15, -0.1) is 11.3 Å². The second kappa shape index (κ2) is 5.30. The Labute approximate surface area is 113 Å². The van der Waals surface area contributed by atoms with Crippen molar-refractivity contribution in [1.29, 1.82) is 0 Å². The Balaban J connectivity index is 2.58. The van der Waals surface area contributed by atoms with E-state index in [1.54, 1.807) is 11.3 Å². The smallest absolute Gasteiger partial charge is 0.0843 e. The lowest BCUT2D eigenvalue weighted by Gasteiger charge is -2.20. The number of halogens is 2. The molecule has 1 nitrogen and oxygen atoms in total. The number of thiophene rings is 1. The van der Waals surface area contributed by atoms with E-state index >= 15 is 0 Å². The zero-order valence-corrected chi connectivity index (χ0v) is 13.3. The molecule has 0 aliphatic carbocycles. The van der Waals surface area contributed by atoms with Crippen LogP contribution in [0.25, 0.3) is 0 Å². The van der Waals surface area contributed by atoms with Crippen molar-refractivity contribution < 1.29 is 0 Å². The second-order valence-electron chi connectivity index (χ2n) is 4.98. The normalized spacial score (nSPS) is 14.3. The van der Waals surface area contributed by atoms with Crippen molar-refractivity contribution >= 4 is 43.2 Å². The molecule has 0 amide bonds. The molecule has 1 unspecified atom stereocenters. The molecule has 2 N–H and O–H groups in total. The van der Waals surface area contributed by atoms with Gasteiger partial charge in [0.15, 0.2) is 0 Å². The third-order valence-electron chi connectivity index (χ3n) is 2.24. The molecule has 0 aliphatic rings. The lowest BCUT2D eigenvalue weighted by molar-refractivity contribution is 0.351. The number of nitrogens with two attached hydrogens (primary N) is 1. The Hall–Kier alpha value is 0.620. The minimum absolute atomic E-state index is 0.164. The molecule has 0 spiro atoms. The summed E-state index contributed by atoms with van der Waals surface area (Å²) >= 11 is 8.69. The van der Waals surface area contributed by atoms with Gasteiger partial charge in [-0.05, 0) is 56.2 Å². The highest BCUT2D eigenvalue weighted by molar-refractivity contribution is 9.13. The van der Waals surface area contributed by atoms with Crippen molar-refractivity contribution in [3.8, 4) is 0 Å². The minimum Gasteiger partial charge on any atom is -0.323 e. The molecule has 1 heterocycles. The second-order valence-corrected chi connectivity index (χ2v) is 8.23. The predicted molar refractivity (Wildman–Crippen MR) is 75.3 cm³/mol. The summed E-state index contributed by atoms with van der Waals surface area (Å²) in [6.45, 7) is 6.75. The van der Waals surface area contributed by atoms with E-state index in [2.05, 4.69) is 58.7 Å². The van der Waals surface area contributed by atoms with Crippen LogP contribution in [0, 0.1) is 5.41 Å². The van der Waals surface area contributed by atoms with Crippen molar-refractivity contribution in [2.75, 3.05) is 0 Å². The summed E-state index contributed by atoms with van der Waals surface area (Å²) in [4.78, 5) is 1.25. The monoisotopic (exact) mass is 353 g/mol. The van der Waals surface area contributed by atoms with Crippen molar-refractivity contribution in [2.45, 2.75) is 39.7 Å². The van der Waals surface area contributed by atoms with E-state index in [9.17, 15) is 0 Å². The van der Waals surface area contributed by atoms with E-state index < -0.39 is 0 Å². The Kier molecular flexibility index (Phi) is 4.84. The quantitative estimate of drug-likeness (QED) is 0.802. The largest absolute Gasteiger partial charge is 0.323 e. The van der Waals surface area contributed by atoms with Crippen LogP contribution >= 0.6 is 43.2 Å². The van der Waals surface area contributed by atoms with Gasteiger partial charge >= 0.3 is 0 Å². The zero-order valence-electron chi connectivity index (χ0n) is 9.31. The maximum Gasteiger partial charge on any atom is 0.0843 e. The van der Waals surface area contributed by atoms with Gasteiger partial charge in [-0.1, -0.05) is 20.8 Å². The Morgan fingerprint density at radius 3 is 2.40 bits per heavy atom. The minimum atomic E-state index is 0.164. The summed E-state index contributed by atoms with van der Waals surface area (Å²) < 4.78 is 2.23. The van der Waals surface area contributed by atoms with Gasteiger partial charge in [0.05, 0.1) is 3.79 Å². The average molecular weight is 355 g/mol. The molecule has 0 saturated heterocycles.